The molecule has 2 nitrogen and oxygen atoms in total. The maximum absolute atomic E-state index is 4.77. The Hall–Kier alpha value is -0.321. The average Bonchev–Trinajstić information content (AvgIpc) is 3.86. The zero-order valence-electron chi connectivity index (χ0n) is 23.1. The molecule has 37 heavy (non-hydrogen) atoms. The predicted octanol–water partition coefficient (Wildman–Crippen LogP) is 9.58. The van der Waals surface area contributed by atoms with Gasteiger partial charge < -0.3 is 0 Å². The van der Waals surface area contributed by atoms with Crippen LogP contribution in [0.2, 0.25) is 47.2 Å². The summed E-state index contributed by atoms with van der Waals surface area (Å²) in [6, 6.07) is 9.33. The van der Waals surface area contributed by atoms with Gasteiger partial charge in [0.2, 0.25) is 0 Å². The van der Waals surface area contributed by atoms with Crippen LogP contribution in [0.4, 0.5) is 0 Å². The second kappa shape index (κ2) is 2.95. The molecule has 2 aromatic heterocycles. The van der Waals surface area contributed by atoms with Crippen LogP contribution in [0.3, 0.4) is 0 Å². The van der Waals surface area contributed by atoms with Crippen LogP contribution >= 0.6 is 17.2 Å². The minimum atomic E-state index is -3.81. The van der Waals surface area contributed by atoms with Crippen molar-refractivity contribution in [3.05, 3.63) is 60.2 Å². The first-order chi connectivity index (χ1) is 17.4. The molecule has 10 aliphatic heterocycles. The first-order valence-corrected chi connectivity index (χ1v) is 23.3. The number of hydrogen-bond donors (Lipinski definition) is 0. The molecular weight excluding hydrogens is 530 g/mol. The second-order valence-corrected chi connectivity index (χ2v) is 45.9. The third kappa shape index (κ3) is 0.492. The fourth-order valence-electron chi connectivity index (χ4n) is 22.3. The van der Waals surface area contributed by atoms with E-state index in [2.05, 4.69) is 87.4 Å². The van der Waals surface area contributed by atoms with Crippen LogP contribution in [0.1, 0.15) is 65.5 Å². The van der Waals surface area contributed by atoms with Gasteiger partial charge in [0.1, 0.15) is 0 Å². The fourth-order valence-corrected chi connectivity index (χ4v) is 110. The quantitative estimate of drug-likeness (QED) is 0.221. The van der Waals surface area contributed by atoms with Crippen LogP contribution in [-0.2, 0) is 11.7 Å². The summed E-state index contributed by atoms with van der Waals surface area (Å²) in [5.41, 5.74) is 2.99. The predicted molar refractivity (Wildman–Crippen MR) is 155 cm³/mol. The van der Waals surface area contributed by atoms with E-state index < -0.39 is 6.51 Å². The van der Waals surface area contributed by atoms with Gasteiger partial charge in [0.05, 0.1) is 0 Å². The summed E-state index contributed by atoms with van der Waals surface area (Å²) < 4.78 is 1.38. The second-order valence-electron chi connectivity index (χ2n) is 18.1. The summed E-state index contributed by atoms with van der Waals surface area (Å²) in [6.07, 6.45) is 12.8. The maximum atomic E-state index is 4.77. The molecule has 10 saturated heterocycles. The molecule has 0 saturated carbocycles. The van der Waals surface area contributed by atoms with Crippen molar-refractivity contribution >= 4 is 17.2 Å². The van der Waals surface area contributed by atoms with Gasteiger partial charge in [0, 0.05) is 0 Å². The monoisotopic (exact) mass is 572 g/mol. The van der Waals surface area contributed by atoms with Crippen LogP contribution < -0.4 is 0 Å². The molecule has 10 fully saturated rings. The van der Waals surface area contributed by atoms with Gasteiger partial charge in [-0.1, -0.05) is 0 Å². The van der Waals surface area contributed by atoms with E-state index >= 15 is 0 Å². The van der Waals surface area contributed by atoms with E-state index in [-0.39, 0.29) is 13.1 Å². The molecule has 0 aromatic carbocycles. The summed E-state index contributed by atoms with van der Waals surface area (Å²) in [6.45, 7) is 11.8. The Morgan fingerprint density at radius 1 is 0.811 bits per heavy atom. The van der Waals surface area contributed by atoms with Crippen molar-refractivity contribution < 1.29 is 6.51 Å². The van der Waals surface area contributed by atoms with Crippen molar-refractivity contribution in [2.75, 3.05) is 6.16 Å². The molecule has 0 N–H and O–H groups in total. The zero-order valence-corrected chi connectivity index (χ0v) is 26.3. The van der Waals surface area contributed by atoms with Gasteiger partial charge in [-0.15, -0.1) is 0 Å². The van der Waals surface area contributed by atoms with Gasteiger partial charge in [-0.2, -0.15) is 0 Å². The Kier molecular flexibility index (Phi) is 1.64. The first-order valence-electron chi connectivity index (χ1n) is 14.9. The Morgan fingerprint density at radius 2 is 1.30 bits per heavy atom. The van der Waals surface area contributed by atoms with E-state index in [1.807, 2.05) is 12.4 Å². The Morgan fingerprint density at radius 3 is 1.65 bits per heavy atom. The molecule has 1 spiro atoms. The molecule has 0 amide bonds. The summed E-state index contributed by atoms with van der Waals surface area (Å²) in [5, 5.41) is 0.945. The molecule has 5 heteroatoms. The van der Waals surface area contributed by atoms with Crippen LogP contribution in [0.25, 0.3) is 0 Å². The standard InChI is InChI=1S/C27H37N2P2.C5H5.Fe/c1-7-25(3,4)31(26(5,6)8-2)20-21-12-9-15-24(21)27(30,22-13-10-16-28-18-22)23-14-11-17-29-19-23;1-2-4-5-3-1;/h9-19H,7-8,20,30H2,1-6H3;1-5H;. The van der Waals surface area contributed by atoms with Crippen molar-refractivity contribution in [1.82, 2.24) is 9.97 Å². The third-order valence-electron chi connectivity index (χ3n) is 21.6. The van der Waals surface area contributed by atoms with Crippen LogP contribution in [0.15, 0.2) is 49.1 Å². The van der Waals surface area contributed by atoms with Gasteiger partial charge in [-0.25, -0.2) is 0 Å². The molecule has 0 bridgehead atoms. The van der Waals surface area contributed by atoms with E-state index in [0.717, 1.165) is 4.31 Å². The molecule has 0 aliphatic carbocycles. The molecule has 0 radical (unpaired) electrons. The van der Waals surface area contributed by atoms with Crippen molar-refractivity contribution in [3.63, 3.8) is 0 Å². The van der Waals surface area contributed by atoms with Gasteiger partial charge in [0.25, 0.3) is 0 Å². The zero-order chi connectivity index (χ0) is 25.4. The molecule has 6 atom stereocenters. The van der Waals surface area contributed by atoms with Crippen molar-refractivity contribution in [2.24, 2.45) is 0 Å². The van der Waals surface area contributed by atoms with Gasteiger partial charge >= 0.3 is 217 Å². The number of nitrogens with zero attached hydrogens (tertiary/aromatic N) is 2. The van der Waals surface area contributed by atoms with Crippen molar-refractivity contribution in [1.29, 1.82) is 0 Å². The van der Waals surface area contributed by atoms with Crippen LogP contribution in [0.5, 0.6) is 0 Å². The summed E-state index contributed by atoms with van der Waals surface area (Å²) in [5.74, 6) is 0. The molecule has 198 valence electrons. The van der Waals surface area contributed by atoms with Crippen molar-refractivity contribution in [3.8, 4) is 0 Å². The van der Waals surface area contributed by atoms with E-state index in [1.54, 1.807) is 6.16 Å². The molecule has 12 heterocycles. The Balaban J connectivity index is 1.18. The van der Waals surface area contributed by atoms with E-state index in [4.69, 9.17) is 9.97 Å². The van der Waals surface area contributed by atoms with Gasteiger partial charge in [-0.05, 0) is 0 Å². The van der Waals surface area contributed by atoms with Gasteiger partial charge in [0.15, 0.2) is 0 Å². The van der Waals surface area contributed by atoms with Crippen LogP contribution in [0, 0.1) is 0 Å². The summed E-state index contributed by atoms with van der Waals surface area (Å²) in [7, 11) is 3.58. The first kappa shape index (κ1) is 20.5. The molecule has 6 unspecified atom stereocenters. The average molecular weight is 572 g/mol. The number of aromatic nitrogens is 2. The topological polar surface area (TPSA) is 25.8 Å². The molecular formula is C32H42FeN2P2. The fraction of sp³-hybridized carbons (Fsp3) is 0.688. The normalized spacial score (nSPS) is 64.6. The Bertz CT molecular complexity index is 1780. The molecule has 10 aliphatic rings. The Labute approximate surface area is 216 Å². The minimum absolute atomic E-state index is 0.0214. The summed E-state index contributed by atoms with van der Waals surface area (Å²) >= 11 is 0. The van der Waals surface area contributed by atoms with Crippen LogP contribution in [-0.4, -0.2) is 26.4 Å². The number of rotatable bonds is 9. The van der Waals surface area contributed by atoms with Crippen molar-refractivity contribution in [2.45, 2.75) is 117 Å². The van der Waals surface area contributed by atoms with E-state index in [9.17, 15) is 0 Å². The van der Waals surface area contributed by atoms with Gasteiger partial charge in [-0.3, -0.25) is 0 Å². The SMILES string of the molecule is CCC(C)(C)P(C[C]12[CH]3[CH]4[CH]5[C]1(C(P)(c1cccnc1)c1cccnc1)[Fe]43521678[CH]2[CH]1[CH]6[CH]7[CH]28)C(C)(C)CC. The number of fused-ring (bicyclic) bond motifs is 10. The number of hydrogen-bond acceptors (Lipinski definition) is 2. The molecule has 2 aromatic rings. The summed E-state index contributed by atoms with van der Waals surface area (Å²) in [4.78, 5) is 19.7. The third-order valence-corrected chi connectivity index (χ3v) is 71.1. The molecule has 12 rings (SSSR count). The number of pyridine rings is 2. The van der Waals surface area contributed by atoms with E-state index in [1.165, 1.54) is 62.5 Å². The van der Waals surface area contributed by atoms with E-state index in [0.29, 0.717) is 14.6 Å².